The van der Waals surface area contributed by atoms with Crippen molar-refractivity contribution in [1.82, 2.24) is 4.98 Å². The molecule has 1 aliphatic heterocycles. The first-order valence-corrected chi connectivity index (χ1v) is 9.77. The number of pyridine rings is 1. The van der Waals surface area contributed by atoms with Crippen molar-refractivity contribution in [2.24, 2.45) is 5.16 Å². The average molecular weight is 401 g/mol. The minimum atomic E-state index is -0.204. The number of nitrogens with zero attached hydrogens (tertiary/aromatic N) is 1. The van der Waals surface area contributed by atoms with E-state index in [1.165, 1.54) is 0 Å². The molecule has 0 saturated heterocycles. The highest BCUT2D eigenvalue weighted by atomic mass is 35.5. The van der Waals surface area contributed by atoms with Crippen molar-refractivity contribution in [2.45, 2.75) is 12.5 Å². The predicted octanol–water partition coefficient (Wildman–Crippen LogP) is 5.71. The van der Waals surface area contributed by atoms with Gasteiger partial charge in [0.1, 0.15) is 0 Å². The highest BCUT2D eigenvalue weighted by Gasteiger charge is 2.28. The van der Waals surface area contributed by atoms with Crippen LogP contribution in [0.5, 0.6) is 0 Å². The van der Waals surface area contributed by atoms with E-state index in [-0.39, 0.29) is 11.7 Å². The highest BCUT2D eigenvalue weighted by Crippen LogP contribution is 2.35. The lowest BCUT2D eigenvalue weighted by Gasteiger charge is -2.13. The van der Waals surface area contributed by atoms with Gasteiger partial charge in [-0.2, -0.15) is 0 Å². The molecule has 0 amide bonds. The average Bonchev–Trinajstić information content (AvgIpc) is 3.24. The lowest BCUT2D eigenvalue weighted by Crippen LogP contribution is -2.19. The maximum Gasteiger partial charge on any atom is 0.258 e. The molecule has 2 heterocycles. The molecule has 1 aromatic heterocycles. The van der Waals surface area contributed by atoms with E-state index in [0.29, 0.717) is 22.7 Å². The minimum Gasteiger partial charge on any atom is -0.387 e. The van der Waals surface area contributed by atoms with Crippen LogP contribution >= 0.6 is 11.6 Å². The molecule has 4 nitrogen and oxygen atoms in total. The molecule has 0 aliphatic carbocycles. The van der Waals surface area contributed by atoms with Crippen molar-refractivity contribution >= 4 is 28.2 Å². The van der Waals surface area contributed by atoms with Crippen LogP contribution in [0.4, 0.5) is 0 Å². The van der Waals surface area contributed by atoms with Crippen molar-refractivity contribution in [1.29, 1.82) is 0 Å². The van der Waals surface area contributed by atoms with Crippen LogP contribution in [-0.2, 0) is 4.84 Å². The van der Waals surface area contributed by atoms with Gasteiger partial charge in [0.2, 0.25) is 0 Å². The van der Waals surface area contributed by atoms with E-state index in [1.807, 2.05) is 72.8 Å². The summed E-state index contributed by atoms with van der Waals surface area (Å²) in [5.74, 6) is 0. The highest BCUT2D eigenvalue weighted by molar-refractivity contribution is 6.31. The molecule has 0 saturated carbocycles. The Morgan fingerprint density at radius 1 is 0.931 bits per heavy atom. The Hall–Kier alpha value is -3.37. The second kappa shape index (κ2) is 7.22. The summed E-state index contributed by atoms with van der Waals surface area (Å²) in [6.07, 6.45) is 0.322. The second-order valence-corrected chi connectivity index (χ2v) is 7.44. The number of oxime groups is 1. The Morgan fingerprint density at radius 3 is 2.41 bits per heavy atom. The molecule has 5 rings (SSSR count). The van der Waals surface area contributed by atoms with Gasteiger partial charge >= 0.3 is 0 Å². The van der Waals surface area contributed by atoms with E-state index in [9.17, 15) is 4.79 Å². The number of fused-ring (bicyclic) bond motifs is 1. The van der Waals surface area contributed by atoms with E-state index in [2.05, 4.69) is 10.1 Å². The molecule has 0 spiro atoms. The number of aromatic nitrogens is 1. The molecule has 0 radical (unpaired) electrons. The monoisotopic (exact) mass is 400 g/mol. The maximum atomic E-state index is 13.1. The fourth-order valence-electron chi connectivity index (χ4n) is 3.82. The first-order valence-electron chi connectivity index (χ1n) is 9.39. The zero-order valence-corrected chi connectivity index (χ0v) is 16.2. The van der Waals surface area contributed by atoms with Crippen molar-refractivity contribution in [2.75, 3.05) is 0 Å². The molecular weight excluding hydrogens is 384 g/mol. The summed E-state index contributed by atoms with van der Waals surface area (Å²) in [6, 6.07) is 25.2. The zero-order chi connectivity index (χ0) is 19.8. The zero-order valence-electron chi connectivity index (χ0n) is 15.4. The fourth-order valence-corrected chi connectivity index (χ4v) is 3.99. The normalized spacial score (nSPS) is 15.9. The lowest BCUT2D eigenvalue weighted by molar-refractivity contribution is 0.0857. The number of halogens is 1. The van der Waals surface area contributed by atoms with Crippen LogP contribution in [0.15, 0.2) is 88.8 Å². The van der Waals surface area contributed by atoms with E-state index < -0.39 is 0 Å². The molecule has 29 heavy (non-hydrogen) atoms. The summed E-state index contributed by atoms with van der Waals surface area (Å²) in [7, 11) is 0. The molecule has 3 aromatic carbocycles. The quantitative estimate of drug-likeness (QED) is 0.478. The van der Waals surface area contributed by atoms with Gasteiger partial charge in [-0.1, -0.05) is 77.4 Å². The number of rotatable bonds is 3. The Bertz CT molecular complexity index is 1280. The SMILES string of the molecule is O=c1[nH]c2ccc(Cl)cc2c(-c2ccccc2)c1C1=NOC(c2ccccc2)C1. The van der Waals surface area contributed by atoms with Crippen LogP contribution in [0.3, 0.4) is 0 Å². The second-order valence-electron chi connectivity index (χ2n) is 7.01. The first-order chi connectivity index (χ1) is 14.2. The Balaban J connectivity index is 1.70. The van der Waals surface area contributed by atoms with Crippen molar-refractivity contribution < 1.29 is 4.84 Å². The first kappa shape index (κ1) is 17.7. The molecule has 1 unspecified atom stereocenters. The summed E-state index contributed by atoms with van der Waals surface area (Å²) in [5, 5.41) is 5.79. The van der Waals surface area contributed by atoms with Gasteiger partial charge in [-0.15, -0.1) is 0 Å². The molecule has 142 valence electrons. The van der Waals surface area contributed by atoms with E-state index in [0.717, 1.165) is 27.6 Å². The van der Waals surface area contributed by atoms with Crippen molar-refractivity contribution in [3.63, 3.8) is 0 Å². The number of aromatic amines is 1. The largest absolute Gasteiger partial charge is 0.387 e. The summed E-state index contributed by atoms with van der Waals surface area (Å²) < 4.78 is 0. The van der Waals surface area contributed by atoms with E-state index in [4.69, 9.17) is 16.4 Å². The number of H-pyrrole nitrogens is 1. The molecule has 1 aliphatic rings. The van der Waals surface area contributed by atoms with Gasteiger partial charge in [-0.05, 0) is 29.3 Å². The summed E-state index contributed by atoms with van der Waals surface area (Å²) in [5.41, 5.74) is 4.52. The number of nitrogens with one attached hydrogen (secondary N) is 1. The maximum absolute atomic E-state index is 13.1. The van der Waals surface area contributed by atoms with Crippen LogP contribution in [0.2, 0.25) is 5.02 Å². The number of hydrogen-bond donors (Lipinski definition) is 1. The van der Waals surface area contributed by atoms with Crippen LogP contribution in [0, 0.1) is 0 Å². The topological polar surface area (TPSA) is 54.5 Å². The van der Waals surface area contributed by atoms with Gasteiger partial charge in [-0.3, -0.25) is 4.79 Å². The Morgan fingerprint density at radius 2 is 1.66 bits per heavy atom. The van der Waals surface area contributed by atoms with Gasteiger partial charge in [-0.25, -0.2) is 0 Å². The fraction of sp³-hybridized carbons (Fsp3) is 0.0833. The molecule has 1 N–H and O–H groups in total. The predicted molar refractivity (Wildman–Crippen MR) is 116 cm³/mol. The molecule has 4 aromatic rings. The third kappa shape index (κ3) is 3.22. The van der Waals surface area contributed by atoms with Crippen LogP contribution in [0.1, 0.15) is 23.7 Å². The minimum absolute atomic E-state index is 0.185. The summed E-state index contributed by atoms with van der Waals surface area (Å²) in [4.78, 5) is 21.8. The van der Waals surface area contributed by atoms with Crippen LogP contribution in [0.25, 0.3) is 22.0 Å². The third-order valence-corrected chi connectivity index (χ3v) is 5.40. The molecule has 0 fully saturated rings. The van der Waals surface area contributed by atoms with Gasteiger partial charge in [0.15, 0.2) is 6.10 Å². The Kier molecular flexibility index (Phi) is 4.41. The third-order valence-electron chi connectivity index (χ3n) is 5.17. The number of hydrogen-bond acceptors (Lipinski definition) is 3. The lowest BCUT2D eigenvalue weighted by atomic mass is 9.91. The van der Waals surface area contributed by atoms with E-state index in [1.54, 1.807) is 6.07 Å². The van der Waals surface area contributed by atoms with Crippen molar-refractivity contribution in [3.05, 3.63) is 105 Å². The van der Waals surface area contributed by atoms with Gasteiger partial charge < -0.3 is 9.82 Å². The van der Waals surface area contributed by atoms with Crippen LogP contribution in [-0.4, -0.2) is 10.7 Å². The van der Waals surface area contributed by atoms with Crippen LogP contribution < -0.4 is 5.56 Å². The van der Waals surface area contributed by atoms with Gasteiger partial charge in [0.25, 0.3) is 5.56 Å². The molecular formula is C24H17ClN2O2. The molecule has 5 heteroatoms. The number of benzene rings is 3. The molecule has 0 bridgehead atoms. The summed E-state index contributed by atoms with van der Waals surface area (Å²) in [6.45, 7) is 0. The van der Waals surface area contributed by atoms with Crippen molar-refractivity contribution in [3.8, 4) is 11.1 Å². The van der Waals surface area contributed by atoms with Gasteiger partial charge in [0, 0.05) is 27.9 Å². The van der Waals surface area contributed by atoms with Gasteiger partial charge in [0.05, 0.1) is 11.3 Å². The summed E-state index contributed by atoms with van der Waals surface area (Å²) >= 11 is 6.29. The molecule has 1 atom stereocenters. The van der Waals surface area contributed by atoms with E-state index >= 15 is 0 Å². The Labute approximate surface area is 172 Å². The standard InChI is InChI=1S/C24H17ClN2O2/c25-17-11-12-19-18(13-17)22(16-9-5-2-6-10-16)23(24(28)26-19)20-14-21(29-27-20)15-7-3-1-4-8-15/h1-13,21H,14H2,(H,26,28). The smallest absolute Gasteiger partial charge is 0.258 e.